The van der Waals surface area contributed by atoms with Crippen molar-refractivity contribution in [3.05, 3.63) is 63.1 Å². The van der Waals surface area contributed by atoms with E-state index in [0.29, 0.717) is 10.2 Å². The topological polar surface area (TPSA) is 75.7 Å². The van der Waals surface area contributed by atoms with Gasteiger partial charge in [0.25, 0.3) is 5.91 Å². The number of nitrogens with zero attached hydrogens (tertiary/aromatic N) is 1. The second-order valence-corrected chi connectivity index (χ2v) is 7.19. The zero-order chi connectivity index (χ0) is 20.0. The molecule has 0 aliphatic rings. The van der Waals surface area contributed by atoms with Gasteiger partial charge < -0.3 is 15.0 Å². The molecule has 0 aliphatic heterocycles. The third kappa shape index (κ3) is 6.37. The highest BCUT2D eigenvalue weighted by molar-refractivity contribution is 9.10. The zero-order valence-corrected chi connectivity index (χ0v) is 17.1. The number of benzene rings is 2. The summed E-state index contributed by atoms with van der Waals surface area (Å²) in [5, 5.41) is 2.92. The number of likely N-dealkylation sites (N-methyl/N-ethyl adjacent to an activating group) is 1. The minimum absolute atomic E-state index is 0.151. The molecule has 2 aromatic carbocycles. The van der Waals surface area contributed by atoms with Crippen molar-refractivity contribution < 1.29 is 19.1 Å². The highest BCUT2D eigenvalue weighted by atomic mass is 79.9. The molecule has 0 aromatic heterocycles. The summed E-state index contributed by atoms with van der Waals surface area (Å²) in [4.78, 5) is 37.3. The average molecular weight is 454 g/mol. The fourth-order valence-corrected chi connectivity index (χ4v) is 2.67. The van der Waals surface area contributed by atoms with E-state index in [1.54, 1.807) is 24.3 Å². The number of ether oxygens (including phenoxy) is 1. The number of hydrogen-bond donors (Lipinski definition) is 1. The predicted molar refractivity (Wildman–Crippen MR) is 107 cm³/mol. The van der Waals surface area contributed by atoms with Gasteiger partial charge >= 0.3 is 5.97 Å². The molecule has 0 spiro atoms. The standard InChI is InChI=1S/C19H18BrClN2O4/c1-12-3-6-14(7-4-12)22-17(24)10-23(2)18(25)11-27-19(26)15-9-13(20)5-8-16(15)21/h3-9H,10-11H2,1-2H3,(H,22,24). The lowest BCUT2D eigenvalue weighted by Crippen LogP contribution is -2.37. The number of halogens is 2. The van der Waals surface area contributed by atoms with Gasteiger partial charge in [-0.25, -0.2) is 4.79 Å². The van der Waals surface area contributed by atoms with Gasteiger partial charge in [0, 0.05) is 17.2 Å². The number of esters is 1. The van der Waals surface area contributed by atoms with Crippen LogP contribution in [0.2, 0.25) is 5.02 Å². The molecule has 0 atom stereocenters. The monoisotopic (exact) mass is 452 g/mol. The second kappa shape index (κ2) is 9.53. The summed E-state index contributed by atoms with van der Waals surface area (Å²) < 4.78 is 5.65. The third-order valence-corrected chi connectivity index (χ3v) is 4.44. The summed E-state index contributed by atoms with van der Waals surface area (Å²) in [6.07, 6.45) is 0. The number of carbonyl (C=O) groups is 3. The first-order valence-corrected chi connectivity index (χ1v) is 9.16. The molecule has 142 valence electrons. The van der Waals surface area contributed by atoms with Crippen molar-refractivity contribution in [3.63, 3.8) is 0 Å². The molecule has 0 heterocycles. The lowest BCUT2D eigenvalue weighted by atomic mass is 10.2. The van der Waals surface area contributed by atoms with Crippen LogP contribution in [-0.4, -0.2) is 42.9 Å². The van der Waals surface area contributed by atoms with Crippen LogP contribution in [0.1, 0.15) is 15.9 Å². The van der Waals surface area contributed by atoms with E-state index in [-0.39, 0.29) is 23.0 Å². The van der Waals surface area contributed by atoms with E-state index in [0.717, 1.165) is 5.56 Å². The molecule has 2 rings (SSSR count). The SMILES string of the molecule is Cc1ccc(NC(=O)CN(C)C(=O)COC(=O)c2cc(Br)ccc2Cl)cc1. The molecular formula is C19H18BrClN2O4. The van der Waals surface area contributed by atoms with E-state index >= 15 is 0 Å². The summed E-state index contributed by atoms with van der Waals surface area (Å²) in [5.41, 5.74) is 1.87. The third-order valence-electron chi connectivity index (χ3n) is 3.62. The fraction of sp³-hybridized carbons (Fsp3) is 0.211. The summed E-state index contributed by atoms with van der Waals surface area (Å²) in [5.74, 6) is -1.57. The van der Waals surface area contributed by atoms with Crippen LogP contribution in [0, 0.1) is 6.92 Å². The van der Waals surface area contributed by atoms with Gasteiger partial charge in [-0.2, -0.15) is 0 Å². The van der Waals surface area contributed by atoms with Crippen LogP contribution in [0.25, 0.3) is 0 Å². The van der Waals surface area contributed by atoms with E-state index in [1.807, 2.05) is 19.1 Å². The van der Waals surface area contributed by atoms with Gasteiger partial charge in [-0.1, -0.05) is 45.2 Å². The number of carbonyl (C=O) groups excluding carboxylic acids is 3. The molecule has 0 saturated heterocycles. The summed E-state index contributed by atoms with van der Waals surface area (Å²) in [7, 11) is 1.46. The van der Waals surface area contributed by atoms with Gasteiger partial charge in [0.1, 0.15) is 0 Å². The maximum absolute atomic E-state index is 12.1. The number of aryl methyl sites for hydroxylation is 1. The highest BCUT2D eigenvalue weighted by Gasteiger charge is 2.18. The van der Waals surface area contributed by atoms with E-state index in [4.69, 9.17) is 16.3 Å². The van der Waals surface area contributed by atoms with Gasteiger partial charge in [0.15, 0.2) is 6.61 Å². The van der Waals surface area contributed by atoms with Crippen LogP contribution in [0.15, 0.2) is 46.9 Å². The Balaban J connectivity index is 1.84. The first-order valence-electron chi connectivity index (χ1n) is 7.99. The van der Waals surface area contributed by atoms with Gasteiger partial charge in [-0.3, -0.25) is 9.59 Å². The lowest BCUT2D eigenvalue weighted by Gasteiger charge is -2.17. The van der Waals surface area contributed by atoms with Crippen molar-refractivity contribution in [2.75, 3.05) is 25.5 Å². The maximum atomic E-state index is 12.1. The van der Waals surface area contributed by atoms with Crippen molar-refractivity contribution in [1.82, 2.24) is 4.90 Å². The maximum Gasteiger partial charge on any atom is 0.340 e. The second-order valence-electron chi connectivity index (χ2n) is 5.86. The smallest absolute Gasteiger partial charge is 0.340 e. The lowest BCUT2D eigenvalue weighted by molar-refractivity contribution is -0.136. The Bertz CT molecular complexity index is 855. The van der Waals surface area contributed by atoms with E-state index < -0.39 is 18.5 Å². The number of rotatable bonds is 6. The largest absolute Gasteiger partial charge is 0.452 e. The summed E-state index contributed by atoms with van der Waals surface area (Å²) >= 11 is 9.19. The van der Waals surface area contributed by atoms with Crippen LogP contribution >= 0.6 is 27.5 Å². The molecule has 0 fully saturated rings. The van der Waals surface area contributed by atoms with Crippen molar-refractivity contribution in [1.29, 1.82) is 0 Å². The molecule has 1 N–H and O–H groups in total. The minimum Gasteiger partial charge on any atom is -0.452 e. The van der Waals surface area contributed by atoms with Gasteiger partial charge in [-0.15, -0.1) is 0 Å². The zero-order valence-electron chi connectivity index (χ0n) is 14.8. The number of hydrogen-bond acceptors (Lipinski definition) is 4. The Kier molecular flexibility index (Phi) is 7.38. The Labute approximate surface area is 170 Å². The van der Waals surface area contributed by atoms with Gasteiger partial charge in [0.05, 0.1) is 17.1 Å². The Morgan fingerprint density at radius 2 is 1.81 bits per heavy atom. The number of nitrogens with one attached hydrogen (secondary N) is 1. The first-order chi connectivity index (χ1) is 12.8. The number of amides is 2. The first kappa shape index (κ1) is 20.9. The molecule has 0 unspecified atom stereocenters. The molecule has 2 aromatic rings. The van der Waals surface area contributed by atoms with Crippen LogP contribution in [0.3, 0.4) is 0 Å². The van der Waals surface area contributed by atoms with Crippen LogP contribution < -0.4 is 5.32 Å². The van der Waals surface area contributed by atoms with E-state index in [9.17, 15) is 14.4 Å². The Hall–Kier alpha value is -2.38. The van der Waals surface area contributed by atoms with Gasteiger partial charge in [-0.05, 0) is 37.3 Å². The number of anilines is 1. The summed E-state index contributed by atoms with van der Waals surface area (Å²) in [6, 6.07) is 12.0. The molecule has 2 amide bonds. The van der Waals surface area contributed by atoms with Gasteiger partial charge in [0.2, 0.25) is 5.91 Å². The van der Waals surface area contributed by atoms with Crippen LogP contribution in [0.5, 0.6) is 0 Å². The molecule has 0 radical (unpaired) electrons. The molecule has 0 bridgehead atoms. The Morgan fingerprint density at radius 3 is 2.48 bits per heavy atom. The molecular weight excluding hydrogens is 436 g/mol. The van der Waals surface area contributed by atoms with E-state index in [2.05, 4.69) is 21.2 Å². The molecule has 6 nitrogen and oxygen atoms in total. The highest BCUT2D eigenvalue weighted by Crippen LogP contribution is 2.21. The molecule has 8 heteroatoms. The van der Waals surface area contributed by atoms with Crippen LogP contribution in [0.4, 0.5) is 5.69 Å². The van der Waals surface area contributed by atoms with Crippen molar-refractivity contribution in [2.45, 2.75) is 6.92 Å². The Morgan fingerprint density at radius 1 is 1.15 bits per heavy atom. The molecule has 27 heavy (non-hydrogen) atoms. The summed E-state index contributed by atoms with van der Waals surface area (Å²) in [6.45, 7) is 1.29. The quantitative estimate of drug-likeness (QED) is 0.677. The predicted octanol–water partition coefficient (Wildman–Crippen LogP) is 3.66. The average Bonchev–Trinajstić information content (AvgIpc) is 2.63. The van der Waals surface area contributed by atoms with Crippen molar-refractivity contribution in [2.24, 2.45) is 0 Å². The van der Waals surface area contributed by atoms with E-state index in [1.165, 1.54) is 18.0 Å². The van der Waals surface area contributed by atoms with Crippen LogP contribution in [-0.2, 0) is 14.3 Å². The molecule has 0 saturated carbocycles. The van der Waals surface area contributed by atoms with Crippen molar-refractivity contribution in [3.8, 4) is 0 Å². The molecule has 0 aliphatic carbocycles. The normalized spacial score (nSPS) is 10.2. The fourth-order valence-electron chi connectivity index (χ4n) is 2.11. The minimum atomic E-state index is -0.716. The van der Waals surface area contributed by atoms with Crippen molar-refractivity contribution >= 4 is 51.0 Å².